The smallest absolute Gasteiger partial charge is 0.122 e. The van der Waals surface area contributed by atoms with Gasteiger partial charge in [0, 0.05) is 4.47 Å². The minimum Gasteiger partial charge on any atom is -0.496 e. The first-order valence-corrected chi connectivity index (χ1v) is 4.68. The molecule has 1 rings (SSSR count). The van der Waals surface area contributed by atoms with E-state index in [4.69, 9.17) is 10.00 Å². The molecule has 0 saturated carbocycles. The molecule has 0 radical (unpaired) electrons. The first-order valence-electron chi connectivity index (χ1n) is 3.89. The van der Waals surface area contributed by atoms with Crippen LogP contribution in [0.25, 0.3) is 0 Å². The summed E-state index contributed by atoms with van der Waals surface area (Å²) in [6.07, 6.45) is 0.422. The summed E-state index contributed by atoms with van der Waals surface area (Å²) in [6.45, 7) is 1.96. The van der Waals surface area contributed by atoms with Gasteiger partial charge in [0.25, 0.3) is 0 Å². The molecule has 0 N–H and O–H groups in total. The molecule has 0 bridgehead atoms. The summed E-state index contributed by atoms with van der Waals surface area (Å²) in [5, 5.41) is 8.56. The standard InChI is InChI=1S/C10H10BrNO/c1-7-5-8(3-4-12)9(11)6-10(7)13-2/h5-6H,3H2,1-2H3. The quantitative estimate of drug-likeness (QED) is 0.796. The number of aryl methyl sites for hydroxylation is 1. The van der Waals surface area contributed by atoms with E-state index in [0.29, 0.717) is 6.42 Å². The lowest BCUT2D eigenvalue weighted by molar-refractivity contribution is 0.411. The molecule has 3 heteroatoms. The summed E-state index contributed by atoms with van der Waals surface area (Å²) in [4.78, 5) is 0. The van der Waals surface area contributed by atoms with E-state index < -0.39 is 0 Å². The van der Waals surface area contributed by atoms with Gasteiger partial charge in [0.2, 0.25) is 0 Å². The summed E-state index contributed by atoms with van der Waals surface area (Å²) in [7, 11) is 1.64. The Morgan fingerprint density at radius 2 is 2.23 bits per heavy atom. The van der Waals surface area contributed by atoms with Gasteiger partial charge in [0.1, 0.15) is 5.75 Å². The number of hydrogen-bond acceptors (Lipinski definition) is 2. The van der Waals surface area contributed by atoms with Gasteiger partial charge < -0.3 is 4.74 Å². The third kappa shape index (κ3) is 2.22. The van der Waals surface area contributed by atoms with E-state index in [-0.39, 0.29) is 0 Å². The Labute approximate surface area is 86.3 Å². The van der Waals surface area contributed by atoms with Crippen LogP contribution in [-0.2, 0) is 6.42 Å². The van der Waals surface area contributed by atoms with E-state index in [1.165, 1.54) is 0 Å². The van der Waals surface area contributed by atoms with Gasteiger partial charge in [-0.1, -0.05) is 22.0 Å². The van der Waals surface area contributed by atoms with Crippen molar-refractivity contribution in [3.63, 3.8) is 0 Å². The number of hydrogen-bond donors (Lipinski definition) is 0. The molecule has 2 nitrogen and oxygen atoms in total. The lowest BCUT2D eigenvalue weighted by Gasteiger charge is -2.07. The molecule has 0 aliphatic heterocycles. The van der Waals surface area contributed by atoms with Crippen LogP contribution in [0, 0.1) is 18.3 Å². The molecule has 0 fully saturated rings. The Balaban J connectivity index is 3.14. The fraction of sp³-hybridized carbons (Fsp3) is 0.300. The van der Waals surface area contributed by atoms with Gasteiger partial charge in [-0.05, 0) is 24.1 Å². The largest absolute Gasteiger partial charge is 0.496 e. The summed E-state index contributed by atoms with van der Waals surface area (Å²) in [6, 6.07) is 5.97. The SMILES string of the molecule is COc1cc(Br)c(CC#N)cc1C. The number of halogens is 1. The van der Waals surface area contributed by atoms with E-state index in [2.05, 4.69) is 22.0 Å². The van der Waals surface area contributed by atoms with Crippen molar-refractivity contribution in [3.8, 4) is 11.8 Å². The molecular weight excluding hydrogens is 230 g/mol. The van der Waals surface area contributed by atoms with Crippen molar-refractivity contribution in [1.82, 2.24) is 0 Å². The highest BCUT2D eigenvalue weighted by atomic mass is 79.9. The molecule has 0 saturated heterocycles. The van der Waals surface area contributed by atoms with Gasteiger partial charge in [-0.3, -0.25) is 0 Å². The van der Waals surface area contributed by atoms with Crippen LogP contribution < -0.4 is 4.74 Å². The first-order chi connectivity index (χ1) is 6.19. The molecule has 0 spiro atoms. The molecule has 0 amide bonds. The van der Waals surface area contributed by atoms with Gasteiger partial charge in [0.05, 0.1) is 19.6 Å². The van der Waals surface area contributed by atoms with Crippen LogP contribution in [0.3, 0.4) is 0 Å². The minimum atomic E-state index is 0.422. The van der Waals surface area contributed by atoms with Crippen molar-refractivity contribution in [2.75, 3.05) is 7.11 Å². The molecule has 68 valence electrons. The Hall–Kier alpha value is -1.01. The molecule has 13 heavy (non-hydrogen) atoms. The number of rotatable bonds is 2. The third-order valence-corrected chi connectivity index (χ3v) is 2.57. The second-order valence-corrected chi connectivity index (χ2v) is 3.60. The van der Waals surface area contributed by atoms with Crippen molar-refractivity contribution in [2.45, 2.75) is 13.3 Å². The molecule has 0 aliphatic rings. The average Bonchev–Trinajstić information content (AvgIpc) is 2.11. The lowest BCUT2D eigenvalue weighted by atomic mass is 10.1. The van der Waals surface area contributed by atoms with Gasteiger partial charge in [-0.2, -0.15) is 5.26 Å². The lowest BCUT2D eigenvalue weighted by Crippen LogP contribution is -1.91. The second kappa shape index (κ2) is 4.29. The zero-order valence-corrected chi connectivity index (χ0v) is 9.18. The van der Waals surface area contributed by atoms with Crippen molar-refractivity contribution >= 4 is 15.9 Å². The van der Waals surface area contributed by atoms with Gasteiger partial charge in [-0.25, -0.2) is 0 Å². The summed E-state index contributed by atoms with van der Waals surface area (Å²) < 4.78 is 6.07. The highest BCUT2D eigenvalue weighted by Crippen LogP contribution is 2.27. The van der Waals surface area contributed by atoms with Crippen LogP contribution in [0.15, 0.2) is 16.6 Å². The normalized spacial score (nSPS) is 9.38. The second-order valence-electron chi connectivity index (χ2n) is 2.75. The molecule has 1 aromatic carbocycles. The van der Waals surface area contributed by atoms with Crippen molar-refractivity contribution < 1.29 is 4.74 Å². The van der Waals surface area contributed by atoms with E-state index in [9.17, 15) is 0 Å². The van der Waals surface area contributed by atoms with Crippen LogP contribution in [0.4, 0.5) is 0 Å². The van der Waals surface area contributed by atoms with E-state index >= 15 is 0 Å². The average molecular weight is 240 g/mol. The van der Waals surface area contributed by atoms with Crippen LogP contribution in [0.1, 0.15) is 11.1 Å². The molecule has 0 aliphatic carbocycles. The maximum atomic E-state index is 8.56. The number of benzene rings is 1. The fourth-order valence-electron chi connectivity index (χ4n) is 1.16. The molecule has 0 heterocycles. The molecule has 0 atom stereocenters. The van der Waals surface area contributed by atoms with Gasteiger partial charge >= 0.3 is 0 Å². The van der Waals surface area contributed by atoms with E-state index in [1.807, 2.05) is 19.1 Å². The molecule has 0 aromatic heterocycles. The highest BCUT2D eigenvalue weighted by Gasteiger charge is 2.04. The maximum Gasteiger partial charge on any atom is 0.122 e. The summed E-state index contributed by atoms with van der Waals surface area (Å²) in [5.74, 6) is 0.841. The number of nitrogens with zero attached hydrogens (tertiary/aromatic N) is 1. The number of methoxy groups -OCH3 is 1. The third-order valence-electron chi connectivity index (χ3n) is 1.83. The van der Waals surface area contributed by atoms with Crippen LogP contribution in [0.2, 0.25) is 0 Å². The fourth-order valence-corrected chi connectivity index (χ4v) is 1.63. The van der Waals surface area contributed by atoms with E-state index in [0.717, 1.165) is 21.3 Å². The van der Waals surface area contributed by atoms with Crippen molar-refractivity contribution in [3.05, 3.63) is 27.7 Å². The highest BCUT2D eigenvalue weighted by molar-refractivity contribution is 9.10. The molecule has 0 unspecified atom stereocenters. The topological polar surface area (TPSA) is 33.0 Å². The van der Waals surface area contributed by atoms with E-state index in [1.54, 1.807) is 7.11 Å². The zero-order chi connectivity index (χ0) is 9.84. The predicted molar refractivity (Wildman–Crippen MR) is 54.7 cm³/mol. The molecule has 1 aromatic rings. The number of nitriles is 1. The Morgan fingerprint density at radius 1 is 1.54 bits per heavy atom. The minimum absolute atomic E-state index is 0.422. The zero-order valence-electron chi connectivity index (χ0n) is 7.60. The monoisotopic (exact) mass is 239 g/mol. The molecular formula is C10H10BrNO. The predicted octanol–water partition coefficient (Wildman–Crippen LogP) is 2.83. The number of ether oxygens (including phenoxy) is 1. The van der Waals surface area contributed by atoms with Gasteiger partial charge in [0.15, 0.2) is 0 Å². The van der Waals surface area contributed by atoms with Crippen LogP contribution >= 0.6 is 15.9 Å². The Kier molecular flexibility index (Phi) is 3.32. The maximum absolute atomic E-state index is 8.56. The summed E-state index contributed by atoms with van der Waals surface area (Å²) >= 11 is 3.39. The van der Waals surface area contributed by atoms with Crippen molar-refractivity contribution in [2.24, 2.45) is 0 Å². The van der Waals surface area contributed by atoms with Crippen LogP contribution in [-0.4, -0.2) is 7.11 Å². The Morgan fingerprint density at radius 3 is 2.77 bits per heavy atom. The van der Waals surface area contributed by atoms with Crippen LogP contribution in [0.5, 0.6) is 5.75 Å². The first kappa shape index (κ1) is 10.1. The van der Waals surface area contributed by atoms with Gasteiger partial charge in [-0.15, -0.1) is 0 Å². The summed E-state index contributed by atoms with van der Waals surface area (Å²) in [5.41, 5.74) is 2.05. The van der Waals surface area contributed by atoms with Crippen molar-refractivity contribution in [1.29, 1.82) is 5.26 Å². The Bertz CT molecular complexity index is 355.